The number of benzodiazepines with no additional fused rings is 1. The van der Waals surface area contributed by atoms with Crippen LogP contribution in [0.1, 0.15) is 44.5 Å². The fourth-order valence-corrected chi connectivity index (χ4v) is 4.29. The lowest BCUT2D eigenvalue weighted by Gasteiger charge is -2.28. The molecule has 0 saturated heterocycles. The van der Waals surface area contributed by atoms with E-state index in [-0.39, 0.29) is 12.3 Å². The first kappa shape index (κ1) is 31.1. The van der Waals surface area contributed by atoms with E-state index >= 15 is 0 Å². The Morgan fingerprint density at radius 3 is 2.28 bits per heavy atom. The Morgan fingerprint density at radius 1 is 1.00 bits per heavy atom. The molecule has 0 bridgehead atoms. The van der Waals surface area contributed by atoms with E-state index in [1.54, 1.807) is 69.4 Å². The van der Waals surface area contributed by atoms with Crippen LogP contribution in [0.2, 0.25) is 0 Å². The van der Waals surface area contributed by atoms with Crippen molar-refractivity contribution < 1.29 is 32.3 Å². The van der Waals surface area contributed by atoms with E-state index in [1.807, 2.05) is 0 Å². The molecule has 43 heavy (non-hydrogen) atoms. The fourth-order valence-electron chi connectivity index (χ4n) is 4.29. The van der Waals surface area contributed by atoms with Gasteiger partial charge >= 0.3 is 0 Å². The number of carbonyl (C=O) groups is 4. The number of benzene rings is 2. The van der Waals surface area contributed by atoms with Gasteiger partial charge < -0.3 is 15.5 Å². The molecule has 0 radical (unpaired) electrons. The van der Waals surface area contributed by atoms with Crippen LogP contribution in [0.5, 0.6) is 0 Å². The number of fused-ring (bicyclic) bond motifs is 1. The highest BCUT2D eigenvalue weighted by atomic mass is 19.1. The molecule has 0 spiro atoms. The minimum Gasteiger partial charge on any atom is -0.344 e. The summed E-state index contributed by atoms with van der Waals surface area (Å²) in [5.41, 5.74) is 0.184. The highest BCUT2D eigenvalue weighted by Gasteiger charge is 2.36. The molecule has 9 nitrogen and oxygen atoms in total. The van der Waals surface area contributed by atoms with Gasteiger partial charge in [0.05, 0.1) is 30.1 Å². The van der Waals surface area contributed by atoms with E-state index in [2.05, 4.69) is 20.6 Å². The summed E-state index contributed by atoms with van der Waals surface area (Å²) in [7, 11) is 0. The van der Waals surface area contributed by atoms with Gasteiger partial charge in [0.15, 0.2) is 5.78 Å². The average Bonchev–Trinajstić information content (AvgIpc) is 3.05. The maximum absolute atomic E-state index is 14.0. The van der Waals surface area contributed by atoms with Crippen molar-refractivity contribution >= 4 is 34.9 Å². The third kappa shape index (κ3) is 7.14. The number of anilines is 1. The van der Waals surface area contributed by atoms with Gasteiger partial charge in [-0.05, 0) is 25.1 Å². The zero-order chi connectivity index (χ0) is 31.5. The molecule has 2 N–H and O–H groups in total. The summed E-state index contributed by atoms with van der Waals surface area (Å²) in [4.78, 5) is 62.9. The van der Waals surface area contributed by atoms with Crippen LogP contribution in [-0.4, -0.2) is 53.0 Å². The molecule has 0 fully saturated rings. The van der Waals surface area contributed by atoms with Gasteiger partial charge in [0, 0.05) is 34.9 Å². The Kier molecular flexibility index (Phi) is 9.07. The van der Waals surface area contributed by atoms with Gasteiger partial charge in [-0.3, -0.25) is 24.2 Å². The van der Waals surface area contributed by atoms with Gasteiger partial charge in [-0.25, -0.2) is 18.2 Å². The molecule has 0 aliphatic carbocycles. The standard InChI is InChI=1S/C31H30F3N5O4/c1-17(36-26(41)15-20-21(33)13-18(32)14-22(20)34)29(42)38-28-30(43)39(16-25(40)31(2,3)4)24-11-6-5-9-19(24)27(37-28)23-10-7-8-12-35-23/h5-14,17,28H,15-16H2,1-4H3,(H,36,41)(H,38,42)/t17-,28?/m0/s1. The number of carbonyl (C=O) groups excluding carboxylic acids is 4. The van der Waals surface area contributed by atoms with Gasteiger partial charge in [0.2, 0.25) is 18.0 Å². The highest BCUT2D eigenvalue weighted by Crippen LogP contribution is 2.29. The van der Waals surface area contributed by atoms with Crippen LogP contribution < -0.4 is 15.5 Å². The second-order valence-corrected chi connectivity index (χ2v) is 11.0. The van der Waals surface area contributed by atoms with Crippen molar-refractivity contribution in [1.29, 1.82) is 0 Å². The van der Waals surface area contributed by atoms with E-state index in [9.17, 15) is 32.3 Å². The van der Waals surface area contributed by atoms with Crippen molar-refractivity contribution in [2.45, 2.75) is 46.3 Å². The summed E-state index contributed by atoms with van der Waals surface area (Å²) in [5.74, 6) is -6.29. The van der Waals surface area contributed by atoms with Crippen molar-refractivity contribution in [3.05, 3.63) is 95.1 Å². The minimum absolute atomic E-state index is 0.233. The summed E-state index contributed by atoms with van der Waals surface area (Å²) in [5, 5.41) is 4.84. The van der Waals surface area contributed by atoms with Crippen molar-refractivity contribution in [1.82, 2.24) is 15.6 Å². The first-order valence-corrected chi connectivity index (χ1v) is 13.4. The molecular formula is C31H30F3N5O4. The zero-order valence-corrected chi connectivity index (χ0v) is 24.0. The first-order chi connectivity index (χ1) is 20.3. The largest absolute Gasteiger partial charge is 0.344 e. The van der Waals surface area contributed by atoms with Gasteiger partial charge in [-0.2, -0.15) is 0 Å². The third-order valence-electron chi connectivity index (χ3n) is 6.75. The number of rotatable bonds is 8. The van der Waals surface area contributed by atoms with Gasteiger partial charge in [-0.15, -0.1) is 0 Å². The van der Waals surface area contributed by atoms with Gasteiger partial charge in [0.1, 0.15) is 23.5 Å². The predicted molar refractivity (Wildman–Crippen MR) is 153 cm³/mol. The molecule has 0 saturated carbocycles. The SMILES string of the molecule is C[C@H](NC(=O)Cc1c(F)cc(F)cc1F)C(=O)NC1N=C(c2ccccn2)c2ccccc2N(CC(=O)C(C)(C)C)C1=O. The second-order valence-electron chi connectivity index (χ2n) is 11.0. The van der Waals surface area contributed by atoms with E-state index in [1.165, 1.54) is 11.8 Å². The number of hydrogen-bond acceptors (Lipinski definition) is 6. The number of aliphatic imine (C=N–C) groups is 1. The Balaban J connectivity index is 1.63. The lowest BCUT2D eigenvalue weighted by Crippen LogP contribution is -2.54. The number of pyridine rings is 1. The van der Waals surface area contributed by atoms with Crippen molar-refractivity contribution in [3.8, 4) is 0 Å². The molecule has 4 rings (SSSR count). The maximum atomic E-state index is 14.0. The number of halogens is 3. The van der Waals surface area contributed by atoms with Gasteiger partial charge in [0.25, 0.3) is 5.91 Å². The first-order valence-electron chi connectivity index (χ1n) is 13.4. The quantitative estimate of drug-likeness (QED) is 0.414. The maximum Gasteiger partial charge on any atom is 0.272 e. The molecule has 2 aromatic carbocycles. The molecule has 2 heterocycles. The van der Waals surface area contributed by atoms with Crippen LogP contribution in [-0.2, 0) is 25.6 Å². The normalized spacial score (nSPS) is 15.6. The minimum atomic E-state index is -1.52. The van der Waals surface area contributed by atoms with E-state index in [0.717, 1.165) is 0 Å². The molecular weight excluding hydrogens is 563 g/mol. The smallest absolute Gasteiger partial charge is 0.272 e. The summed E-state index contributed by atoms with van der Waals surface area (Å²) < 4.78 is 41.3. The second kappa shape index (κ2) is 12.6. The molecule has 12 heteroatoms. The molecule has 3 aromatic rings. The summed E-state index contributed by atoms with van der Waals surface area (Å²) in [6.45, 7) is 6.20. The number of nitrogens with zero attached hydrogens (tertiary/aromatic N) is 3. The van der Waals surface area contributed by atoms with Crippen molar-refractivity contribution in [2.75, 3.05) is 11.4 Å². The number of aromatic nitrogens is 1. The number of hydrogen-bond donors (Lipinski definition) is 2. The molecule has 1 aliphatic heterocycles. The molecule has 2 atom stereocenters. The lowest BCUT2D eigenvalue weighted by atomic mass is 9.90. The molecule has 224 valence electrons. The van der Waals surface area contributed by atoms with Gasteiger partial charge in [-0.1, -0.05) is 45.0 Å². The number of nitrogens with one attached hydrogen (secondary N) is 2. The van der Waals surface area contributed by atoms with Crippen LogP contribution in [0.3, 0.4) is 0 Å². The zero-order valence-electron chi connectivity index (χ0n) is 24.0. The predicted octanol–water partition coefficient (Wildman–Crippen LogP) is 3.49. The van der Waals surface area contributed by atoms with Crippen LogP contribution >= 0.6 is 0 Å². The summed E-state index contributed by atoms with van der Waals surface area (Å²) in [6, 6.07) is 11.6. The number of amides is 3. The Hall–Kier alpha value is -4.87. The van der Waals surface area contributed by atoms with Crippen molar-refractivity contribution in [3.63, 3.8) is 0 Å². The topological polar surface area (TPSA) is 121 Å². The lowest BCUT2D eigenvalue weighted by molar-refractivity contribution is -0.131. The fraction of sp³-hybridized carbons (Fsp3) is 0.290. The van der Waals surface area contributed by atoms with E-state index in [0.29, 0.717) is 34.8 Å². The van der Waals surface area contributed by atoms with E-state index < -0.39 is 64.8 Å². The Bertz CT molecular complexity index is 1580. The number of para-hydroxylation sites is 1. The van der Waals surface area contributed by atoms with Crippen molar-refractivity contribution in [2.24, 2.45) is 10.4 Å². The van der Waals surface area contributed by atoms with Crippen LogP contribution in [0.15, 0.2) is 65.8 Å². The van der Waals surface area contributed by atoms with Crippen LogP contribution in [0.4, 0.5) is 18.9 Å². The van der Waals surface area contributed by atoms with E-state index in [4.69, 9.17) is 0 Å². The highest BCUT2D eigenvalue weighted by molar-refractivity contribution is 6.20. The summed E-state index contributed by atoms with van der Waals surface area (Å²) >= 11 is 0. The monoisotopic (exact) mass is 593 g/mol. The molecule has 1 aliphatic rings. The number of Topliss-reactive ketones (excluding diaryl/α,β-unsaturated/α-hetero) is 1. The number of ketones is 1. The average molecular weight is 594 g/mol. The van der Waals surface area contributed by atoms with Crippen LogP contribution in [0.25, 0.3) is 0 Å². The Labute approximate surface area is 246 Å². The van der Waals surface area contributed by atoms with Crippen LogP contribution in [0, 0.1) is 22.9 Å². The summed E-state index contributed by atoms with van der Waals surface area (Å²) in [6.07, 6.45) is -0.764. The third-order valence-corrected chi connectivity index (χ3v) is 6.75. The molecule has 1 aromatic heterocycles. The molecule has 3 amide bonds. The Morgan fingerprint density at radius 2 is 1.65 bits per heavy atom. The molecule has 1 unspecified atom stereocenters.